The Hall–Kier alpha value is -1.94. The van der Waals surface area contributed by atoms with E-state index in [1.807, 2.05) is 36.3 Å². The molecule has 1 N–H and O–H groups in total. The third kappa shape index (κ3) is 3.40. The van der Waals surface area contributed by atoms with E-state index < -0.39 is 11.5 Å². The first kappa shape index (κ1) is 17.9. The lowest BCUT2D eigenvalue weighted by atomic mass is 9.69. The highest BCUT2D eigenvalue weighted by Crippen LogP contribution is 2.43. The van der Waals surface area contributed by atoms with Crippen molar-refractivity contribution >= 4 is 11.9 Å². The Morgan fingerprint density at radius 3 is 2.60 bits per heavy atom. The molecule has 1 aromatic rings. The highest BCUT2D eigenvalue weighted by molar-refractivity contribution is 5.83. The molecule has 5 nitrogen and oxygen atoms in total. The monoisotopic (exact) mass is 343 g/mol. The zero-order valence-electron chi connectivity index (χ0n) is 14.4. The standard InChI is InChI=1S/C20H25NO4/c22-13-17-9-6-10-20(18(17)14-23,21-11-4-5-12-21)19(24)25-15-16-7-2-1-3-8-16/h1-3,7-8,18,23H,4-6,9-12,14-15H2. The predicted molar refractivity (Wildman–Crippen MR) is 93.4 cm³/mol. The van der Waals surface area contributed by atoms with Crippen molar-refractivity contribution in [2.75, 3.05) is 19.7 Å². The fraction of sp³-hybridized carbons (Fsp3) is 0.550. The van der Waals surface area contributed by atoms with Crippen LogP contribution in [0.4, 0.5) is 0 Å². The average Bonchev–Trinajstić information content (AvgIpc) is 3.21. The minimum Gasteiger partial charge on any atom is -0.459 e. The molecule has 1 saturated heterocycles. The van der Waals surface area contributed by atoms with Crippen LogP contribution in [0.2, 0.25) is 0 Å². The van der Waals surface area contributed by atoms with E-state index in [1.54, 1.807) is 0 Å². The Kier molecular flexibility index (Phi) is 5.69. The van der Waals surface area contributed by atoms with Crippen LogP contribution in [0.15, 0.2) is 35.9 Å². The molecule has 0 bridgehead atoms. The Morgan fingerprint density at radius 2 is 1.96 bits per heavy atom. The molecule has 2 atom stereocenters. The maximum Gasteiger partial charge on any atom is 0.327 e. The highest BCUT2D eigenvalue weighted by Gasteiger charge is 2.54. The first-order chi connectivity index (χ1) is 12.2. The molecule has 5 heteroatoms. The average molecular weight is 343 g/mol. The SMILES string of the molecule is O=C=C1CCCC(C(=O)OCc2ccccc2)(N2CCCC2)C1CO. The Morgan fingerprint density at radius 1 is 1.24 bits per heavy atom. The van der Waals surface area contributed by atoms with Crippen molar-refractivity contribution in [1.82, 2.24) is 4.90 Å². The van der Waals surface area contributed by atoms with E-state index in [4.69, 9.17) is 4.74 Å². The van der Waals surface area contributed by atoms with Gasteiger partial charge in [-0.05, 0) is 50.8 Å². The van der Waals surface area contributed by atoms with E-state index in [-0.39, 0.29) is 19.2 Å². The lowest BCUT2D eigenvalue weighted by Crippen LogP contribution is -2.62. The fourth-order valence-electron chi connectivity index (χ4n) is 4.28. The number of carbonyl (C=O) groups is 1. The summed E-state index contributed by atoms with van der Waals surface area (Å²) in [6.45, 7) is 1.56. The van der Waals surface area contributed by atoms with Crippen LogP contribution in [0.25, 0.3) is 0 Å². The summed E-state index contributed by atoms with van der Waals surface area (Å²) in [6.07, 6.45) is 3.98. The van der Waals surface area contributed by atoms with E-state index in [2.05, 4.69) is 4.90 Å². The second kappa shape index (κ2) is 7.96. The summed E-state index contributed by atoms with van der Waals surface area (Å²) in [5.41, 5.74) is 0.498. The van der Waals surface area contributed by atoms with Gasteiger partial charge in [0.1, 0.15) is 18.1 Å². The largest absolute Gasteiger partial charge is 0.459 e. The minimum absolute atomic E-state index is 0.202. The molecular weight excluding hydrogens is 318 g/mol. The van der Waals surface area contributed by atoms with Crippen LogP contribution in [0.3, 0.4) is 0 Å². The fourth-order valence-corrected chi connectivity index (χ4v) is 4.28. The smallest absolute Gasteiger partial charge is 0.327 e. The maximum atomic E-state index is 13.2. The Bertz CT molecular complexity index is 647. The van der Waals surface area contributed by atoms with Crippen LogP contribution in [-0.2, 0) is 20.9 Å². The Labute approximate surface area is 148 Å². The molecule has 2 aliphatic rings. The van der Waals surface area contributed by atoms with Crippen LogP contribution >= 0.6 is 0 Å². The summed E-state index contributed by atoms with van der Waals surface area (Å²) in [7, 11) is 0. The van der Waals surface area contributed by atoms with Crippen molar-refractivity contribution in [2.45, 2.75) is 44.2 Å². The molecule has 0 radical (unpaired) electrons. The number of hydrogen-bond acceptors (Lipinski definition) is 5. The van der Waals surface area contributed by atoms with E-state index >= 15 is 0 Å². The first-order valence-corrected chi connectivity index (χ1v) is 9.03. The van der Waals surface area contributed by atoms with E-state index in [0.29, 0.717) is 18.4 Å². The van der Waals surface area contributed by atoms with Crippen molar-refractivity contribution in [2.24, 2.45) is 5.92 Å². The van der Waals surface area contributed by atoms with Crippen LogP contribution in [0, 0.1) is 5.92 Å². The van der Waals surface area contributed by atoms with Crippen LogP contribution in [0.5, 0.6) is 0 Å². The summed E-state index contributed by atoms with van der Waals surface area (Å²) in [5.74, 6) is 1.13. The lowest BCUT2D eigenvalue weighted by molar-refractivity contribution is -0.166. The second-order valence-electron chi connectivity index (χ2n) is 6.90. The van der Waals surface area contributed by atoms with Gasteiger partial charge < -0.3 is 9.84 Å². The molecule has 0 aromatic heterocycles. The Balaban J connectivity index is 1.88. The van der Waals surface area contributed by atoms with Gasteiger partial charge >= 0.3 is 5.97 Å². The summed E-state index contributed by atoms with van der Waals surface area (Å²) >= 11 is 0. The summed E-state index contributed by atoms with van der Waals surface area (Å²) in [4.78, 5) is 26.7. The highest BCUT2D eigenvalue weighted by atomic mass is 16.5. The van der Waals surface area contributed by atoms with Gasteiger partial charge in [0, 0.05) is 11.5 Å². The van der Waals surface area contributed by atoms with Gasteiger partial charge in [-0.1, -0.05) is 30.3 Å². The normalized spacial score (nSPS) is 27.1. The summed E-state index contributed by atoms with van der Waals surface area (Å²) in [5, 5.41) is 9.99. The molecule has 1 saturated carbocycles. The third-order valence-corrected chi connectivity index (χ3v) is 5.55. The molecule has 3 rings (SSSR count). The third-order valence-electron chi connectivity index (χ3n) is 5.55. The summed E-state index contributed by atoms with van der Waals surface area (Å²) < 4.78 is 5.67. The number of ether oxygens (including phenoxy) is 1. The van der Waals surface area contributed by atoms with Gasteiger partial charge in [0.05, 0.1) is 6.61 Å². The molecule has 1 aliphatic heterocycles. The molecule has 1 heterocycles. The maximum absolute atomic E-state index is 13.2. The quantitative estimate of drug-likeness (QED) is 0.655. The van der Waals surface area contributed by atoms with Gasteiger partial charge in [0.15, 0.2) is 0 Å². The number of aliphatic hydroxyl groups excluding tert-OH is 1. The van der Waals surface area contributed by atoms with Crippen molar-refractivity contribution in [3.63, 3.8) is 0 Å². The number of aliphatic hydroxyl groups is 1. The molecule has 0 amide bonds. The molecule has 2 fully saturated rings. The zero-order chi connectivity index (χ0) is 17.7. The zero-order valence-corrected chi connectivity index (χ0v) is 14.4. The molecule has 134 valence electrons. The first-order valence-electron chi connectivity index (χ1n) is 9.03. The number of carbonyl (C=O) groups excluding carboxylic acids is 2. The number of hydrogen-bond donors (Lipinski definition) is 1. The van der Waals surface area contributed by atoms with Gasteiger partial charge in [0.2, 0.25) is 0 Å². The van der Waals surface area contributed by atoms with Gasteiger partial charge in [-0.25, -0.2) is 4.79 Å². The number of benzene rings is 1. The van der Waals surface area contributed by atoms with Crippen molar-refractivity contribution in [1.29, 1.82) is 0 Å². The lowest BCUT2D eigenvalue weighted by Gasteiger charge is -2.47. The molecule has 0 spiro atoms. The molecular formula is C20H25NO4. The summed E-state index contributed by atoms with van der Waals surface area (Å²) in [6, 6.07) is 9.56. The topological polar surface area (TPSA) is 66.8 Å². The van der Waals surface area contributed by atoms with Crippen LogP contribution in [0.1, 0.15) is 37.7 Å². The van der Waals surface area contributed by atoms with Crippen molar-refractivity contribution < 1.29 is 19.4 Å². The number of rotatable bonds is 5. The van der Waals surface area contributed by atoms with Gasteiger partial charge in [-0.15, -0.1) is 0 Å². The molecule has 1 aromatic carbocycles. The number of nitrogens with zero attached hydrogens (tertiary/aromatic N) is 1. The molecule has 25 heavy (non-hydrogen) atoms. The van der Waals surface area contributed by atoms with Gasteiger partial charge in [-0.2, -0.15) is 0 Å². The van der Waals surface area contributed by atoms with Gasteiger partial charge in [0.25, 0.3) is 0 Å². The van der Waals surface area contributed by atoms with Crippen molar-refractivity contribution in [3.8, 4) is 0 Å². The van der Waals surface area contributed by atoms with Crippen molar-refractivity contribution in [3.05, 3.63) is 41.5 Å². The number of esters is 1. The number of likely N-dealkylation sites (tertiary alicyclic amines) is 1. The van der Waals surface area contributed by atoms with Gasteiger partial charge in [-0.3, -0.25) is 9.69 Å². The molecule has 1 aliphatic carbocycles. The van der Waals surface area contributed by atoms with E-state index in [9.17, 15) is 14.7 Å². The minimum atomic E-state index is -0.939. The van der Waals surface area contributed by atoms with E-state index in [1.165, 1.54) is 0 Å². The van der Waals surface area contributed by atoms with Crippen LogP contribution in [-0.4, -0.2) is 47.2 Å². The predicted octanol–water partition coefficient (Wildman–Crippen LogP) is 2.11. The molecule has 2 unspecified atom stereocenters. The second-order valence-corrected chi connectivity index (χ2v) is 6.90. The van der Waals surface area contributed by atoms with E-state index in [0.717, 1.165) is 37.9 Å². The van der Waals surface area contributed by atoms with Crippen LogP contribution < -0.4 is 0 Å².